The second-order valence-corrected chi connectivity index (χ2v) is 5.57. The number of nitrogens with zero attached hydrogens (tertiary/aromatic N) is 1. The molecule has 4 heteroatoms. The van der Waals surface area contributed by atoms with Crippen LogP contribution in [0.2, 0.25) is 0 Å². The number of rotatable bonds is 5. The zero-order chi connectivity index (χ0) is 11.4. The van der Waals surface area contributed by atoms with Crippen LogP contribution in [0.4, 0.5) is 0 Å². The van der Waals surface area contributed by atoms with Crippen LogP contribution in [-0.2, 0) is 4.79 Å². The molecular formula is C10H22N2OS. The Balaban J connectivity index is 3.92. The third-order valence-corrected chi connectivity index (χ3v) is 2.10. The van der Waals surface area contributed by atoms with Gasteiger partial charge in [-0.3, -0.25) is 4.79 Å². The van der Waals surface area contributed by atoms with Gasteiger partial charge in [-0.05, 0) is 26.4 Å². The highest BCUT2D eigenvalue weighted by atomic mass is 32.1. The fraction of sp³-hybridized carbons (Fsp3) is 0.900. The fourth-order valence-electron chi connectivity index (χ4n) is 1.39. The first kappa shape index (κ1) is 13.8. The van der Waals surface area contributed by atoms with Crippen molar-refractivity contribution in [1.82, 2.24) is 10.2 Å². The number of hydrogen-bond donors (Lipinski definition) is 2. The minimum Gasteiger partial charge on any atom is -0.355 e. The van der Waals surface area contributed by atoms with Gasteiger partial charge in [-0.25, -0.2) is 0 Å². The summed E-state index contributed by atoms with van der Waals surface area (Å²) >= 11 is 4.07. The molecule has 0 bridgehead atoms. The van der Waals surface area contributed by atoms with E-state index in [1.807, 2.05) is 14.1 Å². The largest absolute Gasteiger partial charge is 0.355 e. The van der Waals surface area contributed by atoms with Gasteiger partial charge in [0.25, 0.3) is 0 Å². The molecule has 0 aromatic rings. The van der Waals surface area contributed by atoms with Gasteiger partial charge in [-0.1, -0.05) is 13.8 Å². The van der Waals surface area contributed by atoms with Gasteiger partial charge < -0.3 is 10.2 Å². The summed E-state index contributed by atoms with van der Waals surface area (Å²) in [5.41, 5.74) is 0.0990. The number of carbonyl (C=O) groups is 1. The van der Waals surface area contributed by atoms with Gasteiger partial charge in [0.1, 0.15) is 0 Å². The van der Waals surface area contributed by atoms with Crippen molar-refractivity contribution < 1.29 is 4.79 Å². The summed E-state index contributed by atoms with van der Waals surface area (Å²) in [7, 11) is 4.07. The van der Waals surface area contributed by atoms with Crippen molar-refractivity contribution >= 4 is 18.5 Å². The first-order chi connectivity index (χ1) is 6.24. The normalized spacial score (nSPS) is 14.2. The third-order valence-electron chi connectivity index (χ3n) is 1.86. The van der Waals surface area contributed by atoms with Crippen LogP contribution in [0.25, 0.3) is 0 Å². The van der Waals surface area contributed by atoms with Crippen LogP contribution in [0, 0.1) is 5.41 Å². The monoisotopic (exact) mass is 218 g/mol. The van der Waals surface area contributed by atoms with Crippen molar-refractivity contribution in [2.75, 3.05) is 27.2 Å². The Labute approximate surface area is 92.7 Å². The Morgan fingerprint density at radius 1 is 1.50 bits per heavy atom. The Morgan fingerprint density at radius 3 is 2.36 bits per heavy atom. The molecule has 1 N–H and O–H groups in total. The average molecular weight is 218 g/mol. The molecule has 0 aromatic carbocycles. The van der Waals surface area contributed by atoms with E-state index in [1.54, 1.807) is 6.92 Å². The van der Waals surface area contributed by atoms with E-state index in [4.69, 9.17) is 0 Å². The maximum Gasteiger partial charge on any atom is 0.232 e. The standard InChI is InChI=1S/C10H22N2OS/c1-8(14)9(13)11-6-10(2,3)7-12(4)5/h8,14H,6-7H2,1-5H3,(H,11,13). The van der Waals surface area contributed by atoms with Gasteiger partial charge >= 0.3 is 0 Å². The number of thiol groups is 1. The van der Waals surface area contributed by atoms with Crippen LogP contribution in [0.1, 0.15) is 20.8 Å². The molecule has 1 atom stereocenters. The minimum atomic E-state index is -0.231. The molecule has 1 amide bonds. The lowest BCUT2D eigenvalue weighted by molar-refractivity contribution is -0.120. The van der Waals surface area contributed by atoms with E-state index in [2.05, 4.69) is 36.7 Å². The van der Waals surface area contributed by atoms with Crippen LogP contribution >= 0.6 is 12.6 Å². The lowest BCUT2D eigenvalue weighted by Gasteiger charge is -2.28. The molecule has 0 aliphatic rings. The molecule has 14 heavy (non-hydrogen) atoms. The summed E-state index contributed by atoms with van der Waals surface area (Å²) in [6.45, 7) is 7.69. The predicted molar refractivity (Wildman–Crippen MR) is 63.8 cm³/mol. The summed E-state index contributed by atoms with van der Waals surface area (Å²) in [5, 5.41) is 2.65. The Morgan fingerprint density at radius 2 is 2.00 bits per heavy atom. The molecule has 3 nitrogen and oxygen atoms in total. The lowest BCUT2D eigenvalue weighted by atomic mass is 9.93. The second kappa shape index (κ2) is 5.61. The predicted octanol–water partition coefficient (Wildman–Crippen LogP) is 1.01. The molecule has 0 radical (unpaired) electrons. The van der Waals surface area contributed by atoms with Gasteiger partial charge in [0, 0.05) is 13.1 Å². The Bertz CT molecular complexity index is 191. The molecule has 0 aliphatic heterocycles. The summed E-state index contributed by atoms with van der Waals surface area (Å²) in [4.78, 5) is 13.4. The highest BCUT2D eigenvalue weighted by Gasteiger charge is 2.20. The zero-order valence-corrected chi connectivity index (χ0v) is 10.7. The highest BCUT2D eigenvalue weighted by molar-refractivity contribution is 7.81. The molecule has 0 aliphatic carbocycles. The van der Waals surface area contributed by atoms with Gasteiger partial charge in [-0.15, -0.1) is 0 Å². The topological polar surface area (TPSA) is 32.3 Å². The SMILES string of the molecule is CC(S)C(=O)NCC(C)(C)CN(C)C. The van der Waals surface area contributed by atoms with Crippen molar-refractivity contribution in [2.45, 2.75) is 26.0 Å². The molecule has 84 valence electrons. The summed E-state index contributed by atoms with van der Waals surface area (Å²) in [5.74, 6) is 0.000152. The minimum absolute atomic E-state index is 0.000152. The molecule has 0 fully saturated rings. The number of amides is 1. The van der Waals surface area contributed by atoms with Crippen molar-refractivity contribution in [3.8, 4) is 0 Å². The first-order valence-electron chi connectivity index (χ1n) is 4.85. The smallest absolute Gasteiger partial charge is 0.232 e. The van der Waals surface area contributed by atoms with Crippen molar-refractivity contribution in [2.24, 2.45) is 5.41 Å². The van der Waals surface area contributed by atoms with Gasteiger partial charge in [-0.2, -0.15) is 12.6 Å². The number of carbonyl (C=O) groups excluding carboxylic acids is 1. The van der Waals surface area contributed by atoms with Crippen molar-refractivity contribution in [3.63, 3.8) is 0 Å². The van der Waals surface area contributed by atoms with Crippen LogP contribution in [0.15, 0.2) is 0 Å². The molecule has 0 rings (SSSR count). The van der Waals surface area contributed by atoms with Gasteiger partial charge in [0.2, 0.25) is 5.91 Å². The molecular weight excluding hydrogens is 196 g/mol. The van der Waals surface area contributed by atoms with Crippen LogP contribution in [0.5, 0.6) is 0 Å². The molecule has 0 spiro atoms. The van der Waals surface area contributed by atoms with Gasteiger partial charge in [0.15, 0.2) is 0 Å². The molecule has 0 heterocycles. The molecule has 1 unspecified atom stereocenters. The fourth-order valence-corrected chi connectivity index (χ4v) is 1.48. The van der Waals surface area contributed by atoms with E-state index >= 15 is 0 Å². The highest BCUT2D eigenvalue weighted by Crippen LogP contribution is 2.14. The lowest BCUT2D eigenvalue weighted by Crippen LogP contribution is -2.41. The van der Waals surface area contributed by atoms with E-state index in [0.29, 0.717) is 6.54 Å². The first-order valence-corrected chi connectivity index (χ1v) is 5.37. The van der Waals surface area contributed by atoms with E-state index < -0.39 is 0 Å². The van der Waals surface area contributed by atoms with E-state index in [9.17, 15) is 4.79 Å². The molecule has 0 saturated heterocycles. The molecule has 0 saturated carbocycles. The maximum absolute atomic E-state index is 11.3. The Hall–Kier alpha value is -0.220. The quantitative estimate of drug-likeness (QED) is 0.675. The van der Waals surface area contributed by atoms with E-state index in [0.717, 1.165) is 6.54 Å². The van der Waals surface area contributed by atoms with Crippen molar-refractivity contribution in [1.29, 1.82) is 0 Å². The summed E-state index contributed by atoms with van der Waals surface area (Å²) < 4.78 is 0. The molecule has 0 aromatic heterocycles. The summed E-state index contributed by atoms with van der Waals surface area (Å²) in [6.07, 6.45) is 0. The van der Waals surface area contributed by atoms with Crippen molar-refractivity contribution in [3.05, 3.63) is 0 Å². The number of hydrogen-bond acceptors (Lipinski definition) is 3. The third kappa shape index (κ3) is 6.27. The number of nitrogens with one attached hydrogen (secondary N) is 1. The zero-order valence-electron chi connectivity index (χ0n) is 9.79. The maximum atomic E-state index is 11.3. The van der Waals surface area contributed by atoms with E-state index in [1.165, 1.54) is 0 Å². The Kier molecular flexibility index (Phi) is 5.52. The second-order valence-electron chi connectivity index (χ2n) is 4.80. The van der Waals surface area contributed by atoms with Crippen LogP contribution < -0.4 is 5.32 Å². The van der Waals surface area contributed by atoms with Gasteiger partial charge in [0.05, 0.1) is 5.25 Å². The summed E-state index contributed by atoms with van der Waals surface area (Å²) in [6, 6.07) is 0. The van der Waals surface area contributed by atoms with E-state index in [-0.39, 0.29) is 16.6 Å². The van der Waals surface area contributed by atoms with Crippen LogP contribution in [0.3, 0.4) is 0 Å². The van der Waals surface area contributed by atoms with Crippen LogP contribution in [-0.4, -0.2) is 43.2 Å². The average Bonchev–Trinajstić information content (AvgIpc) is 1.97.